The van der Waals surface area contributed by atoms with Crippen molar-refractivity contribution in [1.29, 1.82) is 0 Å². The number of hydrogen-bond donors (Lipinski definition) is 2. The summed E-state index contributed by atoms with van der Waals surface area (Å²) in [5.41, 5.74) is 4.39. The van der Waals surface area contributed by atoms with E-state index < -0.39 is 10.1 Å². The molecule has 1 fully saturated rings. The highest BCUT2D eigenvalue weighted by Crippen LogP contribution is 2.44. The van der Waals surface area contributed by atoms with Gasteiger partial charge in [-0.15, -0.1) is 0 Å². The smallest absolute Gasteiger partial charge is 0.261 e. The molecule has 5 nitrogen and oxygen atoms in total. The molecule has 6 heteroatoms. The molecule has 0 aromatic heterocycles. The minimum Gasteiger partial charge on any atom is -0.496 e. The van der Waals surface area contributed by atoms with Crippen molar-refractivity contribution in [2.45, 2.75) is 31.2 Å². The molecule has 146 valence electrons. The Bertz CT molecular complexity index is 859. The third-order valence-corrected chi connectivity index (χ3v) is 5.45. The lowest BCUT2D eigenvalue weighted by atomic mass is 9.73. The highest BCUT2D eigenvalue weighted by Gasteiger charge is 2.40. The summed E-state index contributed by atoms with van der Waals surface area (Å²) in [5.74, 6) is 2.47. The van der Waals surface area contributed by atoms with Gasteiger partial charge in [0.2, 0.25) is 0 Å². The molecular formula is C21H27NO4S. The molecule has 1 aliphatic carbocycles. The van der Waals surface area contributed by atoms with Crippen molar-refractivity contribution in [3.63, 3.8) is 0 Å². The van der Waals surface area contributed by atoms with Crippen molar-refractivity contribution in [1.82, 2.24) is 5.32 Å². The second-order valence-corrected chi connectivity index (χ2v) is 8.74. The van der Waals surface area contributed by atoms with Crippen LogP contribution in [0.2, 0.25) is 0 Å². The Morgan fingerprint density at radius 3 is 2.52 bits per heavy atom. The maximum absolute atomic E-state index is 9.19. The molecule has 3 atom stereocenters. The Balaban J connectivity index is 0.000000376. The predicted molar refractivity (Wildman–Crippen MR) is 107 cm³/mol. The zero-order valence-electron chi connectivity index (χ0n) is 15.8. The van der Waals surface area contributed by atoms with Crippen LogP contribution in [0.4, 0.5) is 0 Å². The molecule has 2 N–H and O–H groups in total. The molecule has 1 heterocycles. The number of fused-ring (bicyclic) bond motifs is 3. The largest absolute Gasteiger partial charge is 0.496 e. The molecule has 1 aliphatic heterocycles. The number of rotatable bonds is 3. The third-order valence-electron chi connectivity index (χ3n) is 5.45. The second-order valence-electron chi connectivity index (χ2n) is 7.27. The first-order chi connectivity index (χ1) is 12.9. The van der Waals surface area contributed by atoms with E-state index in [1.807, 2.05) is 0 Å². The molecule has 2 aliphatic rings. The van der Waals surface area contributed by atoms with Crippen molar-refractivity contribution in [2.75, 3.05) is 19.9 Å². The van der Waals surface area contributed by atoms with Gasteiger partial charge < -0.3 is 10.1 Å². The summed E-state index contributed by atoms with van der Waals surface area (Å²) in [4.78, 5) is 0. The van der Waals surface area contributed by atoms with Crippen LogP contribution in [0.25, 0.3) is 0 Å². The van der Waals surface area contributed by atoms with Gasteiger partial charge in [0.1, 0.15) is 5.75 Å². The Morgan fingerprint density at radius 2 is 1.85 bits per heavy atom. The van der Waals surface area contributed by atoms with E-state index in [0.717, 1.165) is 31.1 Å². The van der Waals surface area contributed by atoms with Gasteiger partial charge in [-0.1, -0.05) is 42.5 Å². The summed E-state index contributed by atoms with van der Waals surface area (Å²) in [6, 6.07) is 18.0. The van der Waals surface area contributed by atoms with E-state index in [0.29, 0.717) is 18.2 Å². The first-order valence-electron chi connectivity index (χ1n) is 9.22. The Labute approximate surface area is 161 Å². The zero-order chi connectivity index (χ0) is 19.4. The molecule has 0 radical (unpaired) electrons. The van der Waals surface area contributed by atoms with Gasteiger partial charge >= 0.3 is 0 Å². The van der Waals surface area contributed by atoms with Crippen LogP contribution in [-0.4, -0.2) is 38.9 Å². The molecule has 4 rings (SSSR count). The molecule has 1 saturated heterocycles. The standard InChI is InChI=1S/C20H23NO.CH4O3S/c1-22-20-9-5-8-15-17(20)11-10-16-18(15)13-21-19(16)12-14-6-3-2-4-7-14;1-5(2,3)4/h2-9,16,18-19,21H,10-13H2,1H3;1H3,(H,2,3,4)/t16?,18-,19-;/m1./s1. The summed E-state index contributed by atoms with van der Waals surface area (Å²) in [6.45, 7) is 1.10. The summed E-state index contributed by atoms with van der Waals surface area (Å²) in [6.07, 6.45) is 4.27. The molecule has 0 saturated carbocycles. The van der Waals surface area contributed by atoms with Crippen LogP contribution in [0.15, 0.2) is 48.5 Å². The van der Waals surface area contributed by atoms with E-state index in [2.05, 4.69) is 53.8 Å². The van der Waals surface area contributed by atoms with E-state index in [-0.39, 0.29) is 0 Å². The molecule has 2 aromatic rings. The van der Waals surface area contributed by atoms with Gasteiger partial charge in [-0.25, -0.2) is 0 Å². The first-order valence-corrected chi connectivity index (χ1v) is 11.1. The number of hydrogen-bond acceptors (Lipinski definition) is 4. The molecule has 0 bridgehead atoms. The first kappa shape index (κ1) is 19.9. The highest BCUT2D eigenvalue weighted by atomic mass is 32.2. The number of nitrogens with one attached hydrogen (secondary N) is 1. The van der Waals surface area contributed by atoms with Gasteiger partial charge in [0.05, 0.1) is 13.4 Å². The molecule has 27 heavy (non-hydrogen) atoms. The maximum Gasteiger partial charge on any atom is 0.261 e. The van der Waals surface area contributed by atoms with Gasteiger partial charge in [-0.05, 0) is 47.9 Å². The van der Waals surface area contributed by atoms with E-state index in [9.17, 15) is 8.42 Å². The van der Waals surface area contributed by atoms with Crippen LogP contribution < -0.4 is 10.1 Å². The zero-order valence-corrected chi connectivity index (χ0v) is 16.6. The third kappa shape index (κ3) is 5.09. The number of methoxy groups -OCH3 is 1. The lowest BCUT2D eigenvalue weighted by molar-refractivity contribution is 0.359. The average molecular weight is 390 g/mol. The van der Waals surface area contributed by atoms with Gasteiger partial charge in [-0.3, -0.25) is 4.55 Å². The highest BCUT2D eigenvalue weighted by molar-refractivity contribution is 7.85. The van der Waals surface area contributed by atoms with Crippen LogP contribution in [0.3, 0.4) is 0 Å². The minimum atomic E-state index is -3.67. The molecular weight excluding hydrogens is 362 g/mol. The molecule has 2 aromatic carbocycles. The maximum atomic E-state index is 9.19. The molecule has 0 spiro atoms. The van der Waals surface area contributed by atoms with Crippen molar-refractivity contribution < 1.29 is 17.7 Å². The fraction of sp³-hybridized carbons (Fsp3) is 0.429. The van der Waals surface area contributed by atoms with Gasteiger partial charge in [-0.2, -0.15) is 8.42 Å². The van der Waals surface area contributed by atoms with Gasteiger partial charge in [0.15, 0.2) is 0 Å². The minimum absolute atomic E-state index is 0.603. The van der Waals surface area contributed by atoms with E-state index >= 15 is 0 Å². The SMILES string of the molecule is COc1cccc2c1CCC1[C@@H]2CN[C@@H]1Cc1ccccc1.CS(=O)(=O)O. The van der Waals surface area contributed by atoms with E-state index in [4.69, 9.17) is 9.29 Å². The summed E-state index contributed by atoms with van der Waals surface area (Å²) in [7, 11) is -1.88. The Hall–Kier alpha value is -1.89. The summed E-state index contributed by atoms with van der Waals surface area (Å²) >= 11 is 0. The van der Waals surface area contributed by atoms with E-state index in [1.54, 1.807) is 7.11 Å². The van der Waals surface area contributed by atoms with Crippen LogP contribution in [0.1, 0.15) is 29.0 Å². The molecule has 1 unspecified atom stereocenters. The van der Waals surface area contributed by atoms with Crippen LogP contribution in [0.5, 0.6) is 5.75 Å². The number of benzene rings is 2. The Morgan fingerprint density at radius 1 is 1.15 bits per heavy atom. The monoisotopic (exact) mass is 389 g/mol. The summed E-state index contributed by atoms with van der Waals surface area (Å²) < 4.78 is 31.4. The van der Waals surface area contributed by atoms with Crippen LogP contribution in [-0.2, 0) is 23.0 Å². The van der Waals surface area contributed by atoms with Gasteiger partial charge in [0.25, 0.3) is 10.1 Å². The lowest BCUT2D eigenvalue weighted by Gasteiger charge is -2.31. The quantitative estimate of drug-likeness (QED) is 0.789. The second kappa shape index (κ2) is 8.42. The normalized spacial score (nSPS) is 23.6. The van der Waals surface area contributed by atoms with Crippen molar-refractivity contribution in [3.05, 3.63) is 65.2 Å². The van der Waals surface area contributed by atoms with Crippen molar-refractivity contribution in [2.24, 2.45) is 5.92 Å². The summed E-state index contributed by atoms with van der Waals surface area (Å²) in [5, 5.41) is 3.78. The van der Waals surface area contributed by atoms with Gasteiger partial charge in [0, 0.05) is 18.5 Å². The average Bonchev–Trinajstić information content (AvgIpc) is 3.04. The fourth-order valence-corrected chi connectivity index (χ4v) is 4.40. The fourth-order valence-electron chi connectivity index (χ4n) is 4.40. The lowest BCUT2D eigenvalue weighted by Crippen LogP contribution is -2.31. The number of ether oxygens (including phenoxy) is 1. The topological polar surface area (TPSA) is 75.6 Å². The van der Waals surface area contributed by atoms with Crippen molar-refractivity contribution in [3.8, 4) is 5.75 Å². The van der Waals surface area contributed by atoms with Crippen molar-refractivity contribution >= 4 is 10.1 Å². The van der Waals surface area contributed by atoms with E-state index in [1.165, 1.54) is 23.1 Å². The molecule has 0 amide bonds. The predicted octanol–water partition coefficient (Wildman–Crippen LogP) is 3.06. The Kier molecular flexibility index (Phi) is 6.19. The van der Waals surface area contributed by atoms with Crippen LogP contribution >= 0.6 is 0 Å². The van der Waals surface area contributed by atoms with Crippen LogP contribution in [0, 0.1) is 5.92 Å².